The molecule has 0 aromatic heterocycles. The Morgan fingerprint density at radius 1 is 1.02 bits per heavy atom. The van der Waals surface area contributed by atoms with Crippen LogP contribution in [0, 0.1) is 28.6 Å². The lowest BCUT2D eigenvalue weighted by Gasteiger charge is -2.57. The number of ether oxygens (including phenoxy) is 5. The first-order chi connectivity index (χ1) is 20.6. The summed E-state index contributed by atoms with van der Waals surface area (Å²) in [6.45, 7) is 11.6. The van der Waals surface area contributed by atoms with Crippen molar-refractivity contribution in [3.05, 3.63) is 35.5 Å². The van der Waals surface area contributed by atoms with Gasteiger partial charge in [-0.3, -0.25) is 9.59 Å². The summed E-state index contributed by atoms with van der Waals surface area (Å²) in [4.78, 5) is 23.0. The van der Waals surface area contributed by atoms with E-state index >= 15 is 0 Å². The molecule has 3 saturated carbocycles. The molecule has 1 unspecified atom stereocenters. The van der Waals surface area contributed by atoms with Gasteiger partial charge in [0.05, 0.1) is 6.10 Å². The quantitative estimate of drug-likeness (QED) is 0.141. The van der Waals surface area contributed by atoms with Crippen molar-refractivity contribution >= 4 is 11.9 Å². The van der Waals surface area contributed by atoms with E-state index in [9.17, 15) is 9.59 Å². The number of hydrogen-bond donors (Lipinski definition) is 0. The standard InChI is InChI=1S/C36H54O7/c1-6-39-21-9-7-8-10-26-12-14-30-29-13-11-27-22-28(17-19-36(27,5)31(29)18-20-35(26,30)4)42-34-16-15-32(41-25(3)38)33(43-34)23-40-24(2)37/h10-11,15-16,28-34H,6-9,12-14,17-23H2,1-5H3/b26-10+/t28-,29-,30-,31-,32-,33+,34?,35+,36-/m0/s1. The van der Waals surface area contributed by atoms with Crippen LogP contribution in [0.1, 0.15) is 105 Å². The molecule has 5 rings (SSSR count). The highest BCUT2D eigenvalue weighted by molar-refractivity contribution is 5.66. The molecule has 9 atom stereocenters. The highest BCUT2D eigenvalue weighted by Gasteiger charge is 2.57. The van der Waals surface area contributed by atoms with E-state index in [0.717, 1.165) is 56.7 Å². The Morgan fingerprint density at radius 2 is 1.81 bits per heavy atom. The van der Waals surface area contributed by atoms with Crippen LogP contribution in [0.4, 0.5) is 0 Å². The zero-order valence-electron chi connectivity index (χ0n) is 27.1. The van der Waals surface area contributed by atoms with Gasteiger partial charge in [-0.15, -0.1) is 0 Å². The molecule has 0 spiro atoms. The maximum absolute atomic E-state index is 11.6. The summed E-state index contributed by atoms with van der Waals surface area (Å²) < 4.78 is 28.7. The molecule has 7 heteroatoms. The minimum Gasteiger partial charge on any atom is -0.463 e. The van der Waals surface area contributed by atoms with Crippen LogP contribution in [0.2, 0.25) is 0 Å². The number of unbranched alkanes of at least 4 members (excludes halogenated alkanes) is 2. The van der Waals surface area contributed by atoms with E-state index < -0.39 is 30.4 Å². The van der Waals surface area contributed by atoms with E-state index in [4.69, 9.17) is 23.7 Å². The van der Waals surface area contributed by atoms with Gasteiger partial charge < -0.3 is 23.7 Å². The Kier molecular flexibility index (Phi) is 10.6. The molecule has 7 nitrogen and oxygen atoms in total. The van der Waals surface area contributed by atoms with Crippen LogP contribution in [0.3, 0.4) is 0 Å². The summed E-state index contributed by atoms with van der Waals surface area (Å²) >= 11 is 0. The number of carbonyl (C=O) groups is 2. The van der Waals surface area contributed by atoms with E-state index in [-0.39, 0.29) is 18.1 Å². The van der Waals surface area contributed by atoms with Crippen LogP contribution >= 0.6 is 0 Å². The molecule has 43 heavy (non-hydrogen) atoms. The van der Waals surface area contributed by atoms with Gasteiger partial charge in [0, 0.05) is 27.1 Å². The van der Waals surface area contributed by atoms with Crippen LogP contribution in [0.15, 0.2) is 35.5 Å². The molecule has 0 bridgehead atoms. The van der Waals surface area contributed by atoms with Crippen molar-refractivity contribution in [1.29, 1.82) is 0 Å². The van der Waals surface area contributed by atoms with Gasteiger partial charge in [0.15, 0.2) is 6.29 Å². The smallest absolute Gasteiger partial charge is 0.303 e. The zero-order valence-corrected chi connectivity index (χ0v) is 27.1. The van der Waals surface area contributed by atoms with Crippen molar-refractivity contribution in [2.24, 2.45) is 28.6 Å². The second-order valence-corrected chi connectivity index (χ2v) is 14.0. The fourth-order valence-electron chi connectivity index (χ4n) is 9.22. The molecule has 0 N–H and O–H groups in total. The fourth-order valence-corrected chi connectivity index (χ4v) is 9.22. The molecule has 0 radical (unpaired) electrons. The van der Waals surface area contributed by atoms with Crippen molar-refractivity contribution in [3.63, 3.8) is 0 Å². The topological polar surface area (TPSA) is 80.3 Å². The number of hydrogen-bond acceptors (Lipinski definition) is 7. The number of rotatable bonds is 11. The SMILES string of the molecule is CCOCCCC/C=C1\CC[C@H]2[C@@H]3CC=C4C[C@@H](OC5C=C[C@H](OC(C)=O)[C@@H](COC(C)=O)O5)CC[C@]4(C)[C@H]3CC[C@]12C. The van der Waals surface area contributed by atoms with Crippen LogP contribution in [-0.2, 0) is 33.3 Å². The molecule has 0 aromatic carbocycles. The largest absolute Gasteiger partial charge is 0.463 e. The monoisotopic (exact) mass is 598 g/mol. The van der Waals surface area contributed by atoms with Gasteiger partial charge in [-0.2, -0.15) is 0 Å². The fraction of sp³-hybridized carbons (Fsp3) is 0.778. The Hall–Kier alpha value is -1.96. The Balaban J connectivity index is 1.20. The number of carbonyl (C=O) groups excluding carboxylic acids is 2. The van der Waals surface area contributed by atoms with Crippen LogP contribution in [0.25, 0.3) is 0 Å². The normalized spacial score (nSPS) is 39.4. The van der Waals surface area contributed by atoms with Gasteiger partial charge in [0.25, 0.3) is 0 Å². The lowest BCUT2D eigenvalue weighted by Crippen LogP contribution is -2.50. The number of esters is 2. The lowest BCUT2D eigenvalue weighted by atomic mass is 9.48. The van der Waals surface area contributed by atoms with Gasteiger partial charge in [-0.25, -0.2) is 0 Å². The van der Waals surface area contributed by atoms with E-state index in [1.54, 1.807) is 17.2 Å². The molecular formula is C36H54O7. The second kappa shape index (κ2) is 14.0. The highest BCUT2D eigenvalue weighted by atomic mass is 16.7. The van der Waals surface area contributed by atoms with Gasteiger partial charge >= 0.3 is 11.9 Å². The lowest BCUT2D eigenvalue weighted by molar-refractivity contribution is -0.213. The first kappa shape index (κ1) is 32.4. The molecule has 240 valence electrons. The Bertz CT molecular complexity index is 1090. The first-order valence-corrected chi connectivity index (χ1v) is 16.9. The minimum atomic E-state index is -0.604. The summed E-state index contributed by atoms with van der Waals surface area (Å²) in [7, 11) is 0. The predicted molar refractivity (Wildman–Crippen MR) is 165 cm³/mol. The summed E-state index contributed by atoms with van der Waals surface area (Å²) in [5, 5.41) is 0. The van der Waals surface area contributed by atoms with Gasteiger partial charge in [-0.1, -0.05) is 37.1 Å². The molecule has 3 fully saturated rings. The predicted octanol–water partition coefficient (Wildman–Crippen LogP) is 7.24. The second-order valence-electron chi connectivity index (χ2n) is 14.0. The summed E-state index contributed by atoms with van der Waals surface area (Å²) in [5.41, 5.74) is 3.94. The van der Waals surface area contributed by atoms with Gasteiger partial charge in [0.1, 0.15) is 18.8 Å². The first-order valence-electron chi connectivity index (χ1n) is 16.9. The van der Waals surface area contributed by atoms with Crippen molar-refractivity contribution in [1.82, 2.24) is 0 Å². The number of allylic oxidation sites excluding steroid dienone is 3. The van der Waals surface area contributed by atoms with Crippen molar-refractivity contribution < 1.29 is 33.3 Å². The third kappa shape index (κ3) is 7.15. The molecule has 0 saturated heterocycles. The average molecular weight is 599 g/mol. The van der Waals surface area contributed by atoms with E-state index in [1.807, 2.05) is 6.08 Å². The summed E-state index contributed by atoms with van der Waals surface area (Å²) in [5.74, 6) is 1.53. The third-order valence-electron chi connectivity index (χ3n) is 11.5. The van der Waals surface area contributed by atoms with E-state index in [1.165, 1.54) is 58.8 Å². The molecule has 0 amide bonds. The molecule has 1 heterocycles. The van der Waals surface area contributed by atoms with Crippen molar-refractivity contribution in [2.45, 2.75) is 130 Å². The van der Waals surface area contributed by atoms with Crippen LogP contribution < -0.4 is 0 Å². The number of fused-ring (bicyclic) bond motifs is 5. The maximum atomic E-state index is 11.6. The summed E-state index contributed by atoms with van der Waals surface area (Å²) in [6, 6.07) is 0. The zero-order chi connectivity index (χ0) is 30.6. The molecule has 1 aliphatic heterocycles. The third-order valence-corrected chi connectivity index (χ3v) is 11.5. The Labute approximate surface area is 258 Å². The Morgan fingerprint density at radius 3 is 2.58 bits per heavy atom. The van der Waals surface area contributed by atoms with Gasteiger partial charge in [0.2, 0.25) is 0 Å². The van der Waals surface area contributed by atoms with Gasteiger partial charge in [-0.05, 0) is 118 Å². The summed E-state index contributed by atoms with van der Waals surface area (Å²) in [6.07, 6.45) is 20.2. The molecule has 4 aliphatic carbocycles. The highest BCUT2D eigenvalue weighted by Crippen LogP contribution is 2.66. The molecular weight excluding hydrogens is 544 g/mol. The van der Waals surface area contributed by atoms with Crippen molar-refractivity contribution in [2.75, 3.05) is 19.8 Å². The average Bonchev–Trinajstić information content (AvgIpc) is 3.31. The molecule has 0 aromatic rings. The maximum Gasteiger partial charge on any atom is 0.303 e. The molecule has 5 aliphatic rings. The van der Waals surface area contributed by atoms with Crippen LogP contribution in [-0.4, -0.2) is 56.4 Å². The minimum absolute atomic E-state index is 0.0132. The van der Waals surface area contributed by atoms with E-state index in [2.05, 4.69) is 32.9 Å². The van der Waals surface area contributed by atoms with Crippen molar-refractivity contribution in [3.8, 4) is 0 Å². The van der Waals surface area contributed by atoms with E-state index in [0.29, 0.717) is 5.41 Å². The van der Waals surface area contributed by atoms with Crippen LogP contribution in [0.5, 0.6) is 0 Å².